The van der Waals surface area contributed by atoms with Crippen molar-refractivity contribution in [2.24, 2.45) is 11.8 Å². The highest BCUT2D eigenvalue weighted by atomic mass is 16.6. The summed E-state index contributed by atoms with van der Waals surface area (Å²) in [6.07, 6.45) is 5.95. The van der Waals surface area contributed by atoms with Crippen molar-refractivity contribution >= 4 is 6.09 Å². The SMILES string of the molecule is CC(C)CN(C(=O)OCc1ccccc1)C1CCN(CC2CCC(OC(C)c3ccccc3)C2)CC1.c1ccccc1. The maximum Gasteiger partial charge on any atom is 0.410 e. The topological polar surface area (TPSA) is 42.0 Å². The molecule has 1 aliphatic carbocycles. The van der Waals surface area contributed by atoms with Gasteiger partial charge in [0.05, 0.1) is 12.2 Å². The van der Waals surface area contributed by atoms with E-state index in [0.29, 0.717) is 24.5 Å². The zero-order valence-electron chi connectivity index (χ0n) is 25.8. The van der Waals surface area contributed by atoms with Crippen molar-refractivity contribution in [3.05, 3.63) is 108 Å². The lowest BCUT2D eigenvalue weighted by Crippen LogP contribution is -2.49. The first-order chi connectivity index (χ1) is 20.5. The highest BCUT2D eigenvalue weighted by molar-refractivity contribution is 5.68. The molecule has 1 aliphatic heterocycles. The summed E-state index contributed by atoms with van der Waals surface area (Å²) in [5.41, 5.74) is 2.29. The van der Waals surface area contributed by atoms with Crippen molar-refractivity contribution in [3.63, 3.8) is 0 Å². The number of carbonyl (C=O) groups is 1. The zero-order valence-corrected chi connectivity index (χ0v) is 25.8. The molecular formula is C37H50N2O3. The first-order valence-corrected chi connectivity index (χ1v) is 15.9. The number of hydrogen-bond acceptors (Lipinski definition) is 4. The molecule has 1 saturated heterocycles. The van der Waals surface area contributed by atoms with Crippen LogP contribution in [0.3, 0.4) is 0 Å². The predicted octanol–water partition coefficient (Wildman–Crippen LogP) is 8.38. The third-order valence-corrected chi connectivity index (χ3v) is 8.34. The van der Waals surface area contributed by atoms with Crippen LogP contribution < -0.4 is 0 Å². The molecule has 2 fully saturated rings. The molecule has 0 bridgehead atoms. The van der Waals surface area contributed by atoms with Crippen LogP contribution >= 0.6 is 0 Å². The van der Waals surface area contributed by atoms with Crippen LogP contribution in [0.2, 0.25) is 0 Å². The zero-order chi connectivity index (χ0) is 29.6. The van der Waals surface area contributed by atoms with Gasteiger partial charge < -0.3 is 19.3 Å². The van der Waals surface area contributed by atoms with Crippen LogP contribution in [0.5, 0.6) is 0 Å². The van der Waals surface area contributed by atoms with Gasteiger partial charge in [0.15, 0.2) is 0 Å². The van der Waals surface area contributed by atoms with Crippen molar-refractivity contribution in [3.8, 4) is 0 Å². The number of hydrogen-bond donors (Lipinski definition) is 0. The minimum Gasteiger partial charge on any atom is -0.445 e. The number of amides is 1. The molecule has 226 valence electrons. The largest absolute Gasteiger partial charge is 0.445 e. The van der Waals surface area contributed by atoms with E-state index in [4.69, 9.17) is 9.47 Å². The van der Waals surface area contributed by atoms with E-state index in [2.05, 4.69) is 56.0 Å². The first kappa shape index (κ1) is 31.8. The van der Waals surface area contributed by atoms with Crippen molar-refractivity contribution in [2.75, 3.05) is 26.2 Å². The summed E-state index contributed by atoms with van der Waals surface area (Å²) in [5.74, 6) is 1.12. The van der Waals surface area contributed by atoms with Gasteiger partial charge in [0.25, 0.3) is 0 Å². The Morgan fingerprint density at radius 1 is 0.810 bits per heavy atom. The van der Waals surface area contributed by atoms with E-state index in [1.807, 2.05) is 71.6 Å². The molecule has 3 aromatic carbocycles. The molecule has 1 heterocycles. The molecular weight excluding hydrogens is 520 g/mol. The maximum absolute atomic E-state index is 13.0. The quantitative estimate of drug-likeness (QED) is 0.246. The van der Waals surface area contributed by atoms with Crippen LogP contribution in [-0.4, -0.2) is 54.2 Å². The average molecular weight is 571 g/mol. The molecule has 0 N–H and O–H groups in total. The number of nitrogens with zero attached hydrogens (tertiary/aromatic N) is 2. The maximum atomic E-state index is 13.0. The van der Waals surface area contributed by atoms with Crippen LogP contribution in [0.15, 0.2) is 97.1 Å². The van der Waals surface area contributed by atoms with Gasteiger partial charge in [0.2, 0.25) is 0 Å². The first-order valence-electron chi connectivity index (χ1n) is 15.9. The molecule has 3 atom stereocenters. The van der Waals surface area contributed by atoms with E-state index in [1.165, 1.54) is 12.0 Å². The highest BCUT2D eigenvalue weighted by Crippen LogP contribution is 2.33. The predicted molar refractivity (Wildman–Crippen MR) is 171 cm³/mol. The molecule has 5 nitrogen and oxygen atoms in total. The van der Waals surface area contributed by atoms with Gasteiger partial charge in [-0.25, -0.2) is 4.79 Å². The van der Waals surface area contributed by atoms with Crippen molar-refractivity contribution in [1.29, 1.82) is 0 Å². The number of piperidine rings is 1. The van der Waals surface area contributed by atoms with E-state index in [-0.39, 0.29) is 18.2 Å². The van der Waals surface area contributed by atoms with Gasteiger partial charge in [0, 0.05) is 32.2 Å². The molecule has 0 aromatic heterocycles. The normalized spacial score (nSPS) is 20.0. The third kappa shape index (κ3) is 10.6. The molecule has 2 aliphatic rings. The molecule has 3 unspecified atom stereocenters. The van der Waals surface area contributed by atoms with Crippen LogP contribution in [0, 0.1) is 11.8 Å². The second kappa shape index (κ2) is 17.1. The Bertz CT molecular complexity index is 1110. The Morgan fingerprint density at radius 3 is 1.98 bits per heavy atom. The minimum atomic E-state index is -0.172. The van der Waals surface area contributed by atoms with Gasteiger partial charge in [-0.1, -0.05) is 111 Å². The van der Waals surface area contributed by atoms with Crippen molar-refractivity contribution in [2.45, 2.75) is 77.7 Å². The van der Waals surface area contributed by atoms with Crippen LogP contribution in [-0.2, 0) is 16.1 Å². The van der Waals surface area contributed by atoms with E-state index in [9.17, 15) is 4.79 Å². The average Bonchev–Trinajstić information content (AvgIpc) is 3.47. The lowest BCUT2D eigenvalue weighted by Gasteiger charge is -2.39. The molecule has 1 amide bonds. The summed E-state index contributed by atoms with van der Waals surface area (Å²) in [5, 5.41) is 0. The van der Waals surface area contributed by atoms with Gasteiger partial charge >= 0.3 is 6.09 Å². The lowest BCUT2D eigenvalue weighted by atomic mass is 10.00. The fraction of sp³-hybridized carbons (Fsp3) is 0.486. The van der Waals surface area contributed by atoms with Crippen LogP contribution in [0.25, 0.3) is 0 Å². The second-order valence-corrected chi connectivity index (χ2v) is 12.3. The number of carbonyl (C=O) groups excluding carboxylic acids is 1. The summed E-state index contributed by atoms with van der Waals surface area (Å²) in [4.78, 5) is 17.6. The fourth-order valence-corrected chi connectivity index (χ4v) is 6.14. The monoisotopic (exact) mass is 570 g/mol. The van der Waals surface area contributed by atoms with Crippen LogP contribution in [0.4, 0.5) is 4.79 Å². The third-order valence-electron chi connectivity index (χ3n) is 8.34. The summed E-state index contributed by atoms with van der Waals surface area (Å²) >= 11 is 0. The number of likely N-dealkylation sites (tertiary alicyclic amines) is 1. The summed E-state index contributed by atoms with van der Waals surface area (Å²) in [7, 11) is 0. The van der Waals surface area contributed by atoms with E-state index < -0.39 is 0 Å². The molecule has 0 spiro atoms. The molecule has 3 aromatic rings. The Kier molecular flexibility index (Phi) is 12.9. The Labute approximate surface area is 253 Å². The van der Waals surface area contributed by atoms with Gasteiger partial charge in [-0.15, -0.1) is 0 Å². The van der Waals surface area contributed by atoms with Gasteiger partial charge in [-0.3, -0.25) is 0 Å². The summed E-state index contributed by atoms with van der Waals surface area (Å²) in [6, 6.07) is 32.7. The summed E-state index contributed by atoms with van der Waals surface area (Å²) in [6.45, 7) is 10.8. The van der Waals surface area contributed by atoms with E-state index in [1.54, 1.807) is 0 Å². The van der Waals surface area contributed by atoms with Crippen LogP contribution in [0.1, 0.15) is 70.1 Å². The van der Waals surface area contributed by atoms with Gasteiger partial charge in [-0.05, 0) is 62.0 Å². The standard InChI is InChI=1S/C31H44N2O3.C6H6/c1-24(2)21-33(31(34)35-23-26-10-6-4-7-11-26)29-16-18-32(19-17-29)22-27-14-15-30(20-27)36-25(3)28-12-8-5-9-13-28;1-2-4-6-5-3-1/h4-13,24-25,27,29-30H,14-23H2,1-3H3;1-6H. The lowest BCUT2D eigenvalue weighted by molar-refractivity contribution is -0.00249. The molecule has 1 saturated carbocycles. The Hall–Kier alpha value is -3.15. The molecule has 5 heteroatoms. The number of benzene rings is 3. The Morgan fingerprint density at radius 2 is 1.38 bits per heavy atom. The summed E-state index contributed by atoms with van der Waals surface area (Å²) < 4.78 is 12.1. The van der Waals surface area contributed by atoms with E-state index in [0.717, 1.165) is 57.4 Å². The number of rotatable bonds is 10. The minimum absolute atomic E-state index is 0.152. The molecule has 42 heavy (non-hydrogen) atoms. The smallest absolute Gasteiger partial charge is 0.410 e. The van der Waals surface area contributed by atoms with Crippen molar-refractivity contribution in [1.82, 2.24) is 9.80 Å². The van der Waals surface area contributed by atoms with Gasteiger partial charge in [0.1, 0.15) is 6.61 Å². The Balaban J connectivity index is 0.000000600. The molecule has 5 rings (SSSR count). The second-order valence-electron chi connectivity index (χ2n) is 12.3. The van der Waals surface area contributed by atoms with Gasteiger partial charge in [-0.2, -0.15) is 0 Å². The fourth-order valence-electron chi connectivity index (χ4n) is 6.14. The molecule has 0 radical (unpaired) electrons. The van der Waals surface area contributed by atoms with Crippen molar-refractivity contribution < 1.29 is 14.3 Å². The van der Waals surface area contributed by atoms with E-state index >= 15 is 0 Å². The number of ether oxygens (including phenoxy) is 2. The highest BCUT2D eigenvalue weighted by Gasteiger charge is 2.32.